The molecule has 0 aliphatic rings. The number of nitrogens with two attached hydrogens (primary N) is 1. The van der Waals surface area contributed by atoms with Crippen molar-refractivity contribution in [3.8, 4) is 0 Å². The highest BCUT2D eigenvalue weighted by Gasteiger charge is 2.33. The van der Waals surface area contributed by atoms with Crippen molar-refractivity contribution in [2.45, 2.75) is 32.0 Å². The van der Waals surface area contributed by atoms with Gasteiger partial charge in [-0.3, -0.25) is 4.79 Å². The van der Waals surface area contributed by atoms with Gasteiger partial charge in [0.15, 0.2) is 5.82 Å². The average Bonchev–Trinajstić information content (AvgIpc) is 3.02. The van der Waals surface area contributed by atoms with Crippen LogP contribution in [0.4, 0.5) is 0 Å². The molecule has 0 bridgehead atoms. The number of aromatic nitrogens is 2. The molecule has 1 amide bonds. The van der Waals surface area contributed by atoms with E-state index in [1.165, 1.54) is 4.90 Å². The lowest BCUT2D eigenvalue weighted by Crippen LogP contribution is -2.49. The Hall–Kier alpha value is -2.25. The molecular weight excluding hydrogens is 296 g/mol. The first kappa shape index (κ1) is 17.1. The fraction of sp³-hybridized carbons (Fsp3) is 0.438. The molecule has 1 aromatic heterocycles. The minimum absolute atomic E-state index is 0.182. The molecule has 0 aliphatic heterocycles. The number of likely N-dealkylation sites (N-methyl/N-ethyl adjacent to an activating group) is 1. The van der Waals surface area contributed by atoms with Gasteiger partial charge in [0.1, 0.15) is 11.6 Å². The van der Waals surface area contributed by atoms with Crippen molar-refractivity contribution in [3.05, 3.63) is 47.6 Å². The van der Waals surface area contributed by atoms with Crippen LogP contribution in [0.1, 0.15) is 37.2 Å². The monoisotopic (exact) mass is 318 g/mol. The zero-order valence-corrected chi connectivity index (χ0v) is 13.8. The number of methoxy groups -OCH3 is 1. The minimum Gasteiger partial charge on any atom is -0.374 e. The number of hydrogen-bond acceptors (Lipinski definition) is 6. The van der Waals surface area contributed by atoms with Gasteiger partial charge in [-0.05, 0) is 19.4 Å². The van der Waals surface area contributed by atoms with Gasteiger partial charge in [-0.1, -0.05) is 35.5 Å². The summed E-state index contributed by atoms with van der Waals surface area (Å²) in [6.07, 6.45) is -0.266. The van der Waals surface area contributed by atoms with Crippen molar-refractivity contribution < 1.29 is 14.1 Å². The van der Waals surface area contributed by atoms with Crippen LogP contribution in [0.15, 0.2) is 34.9 Å². The minimum atomic E-state index is -1.13. The van der Waals surface area contributed by atoms with E-state index in [-0.39, 0.29) is 18.6 Å². The van der Waals surface area contributed by atoms with Crippen LogP contribution >= 0.6 is 0 Å². The van der Waals surface area contributed by atoms with Crippen LogP contribution in [0, 0.1) is 0 Å². The van der Waals surface area contributed by atoms with E-state index in [1.54, 1.807) is 21.1 Å². The van der Waals surface area contributed by atoms with Crippen LogP contribution < -0.4 is 5.73 Å². The van der Waals surface area contributed by atoms with Gasteiger partial charge in [0.2, 0.25) is 11.8 Å². The van der Waals surface area contributed by atoms with Gasteiger partial charge < -0.3 is 19.9 Å². The second-order valence-corrected chi connectivity index (χ2v) is 5.65. The van der Waals surface area contributed by atoms with Crippen molar-refractivity contribution in [3.63, 3.8) is 0 Å². The molecule has 2 aromatic rings. The maximum Gasteiger partial charge on any atom is 0.247 e. The average molecular weight is 318 g/mol. The summed E-state index contributed by atoms with van der Waals surface area (Å²) >= 11 is 0. The Morgan fingerprint density at radius 3 is 2.70 bits per heavy atom. The predicted molar refractivity (Wildman–Crippen MR) is 84.2 cm³/mol. The lowest BCUT2D eigenvalue weighted by Gasteiger charge is -2.28. The number of nitrogens with zero attached hydrogens (tertiary/aromatic N) is 3. The van der Waals surface area contributed by atoms with Crippen LogP contribution in [-0.2, 0) is 21.6 Å². The maximum atomic E-state index is 12.7. The molecule has 0 radical (unpaired) electrons. The lowest BCUT2D eigenvalue weighted by atomic mass is 9.92. The molecule has 2 atom stereocenters. The fourth-order valence-corrected chi connectivity index (χ4v) is 2.18. The third kappa shape index (κ3) is 3.75. The predicted octanol–water partition coefficient (Wildman–Crippen LogP) is 1.61. The molecule has 124 valence electrons. The highest BCUT2D eigenvalue weighted by atomic mass is 16.5. The van der Waals surface area contributed by atoms with Gasteiger partial charge in [-0.2, -0.15) is 4.98 Å². The molecule has 0 saturated carbocycles. The van der Waals surface area contributed by atoms with Crippen LogP contribution in [0.2, 0.25) is 0 Å². The van der Waals surface area contributed by atoms with Crippen molar-refractivity contribution in [1.82, 2.24) is 15.0 Å². The normalized spacial score (nSPS) is 15.0. The third-order valence-corrected chi connectivity index (χ3v) is 3.74. The summed E-state index contributed by atoms with van der Waals surface area (Å²) in [5.74, 6) is 0.550. The molecule has 7 nitrogen and oxygen atoms in total. The SMILES string of the molecule is COC(C)c1noc(CN(C)C(=O)C(C)(N)c2ccccc2)n1. The fourth-order valence-electron chi connectivity index (χ4n) is 2.18. The summed E-state index contributed by atoms with van der Waals surface area (Å²) < 4.78 is 10.3. The lowest BCUT2D eigenvalue weighted by molar-refractivity contribution is -0.136. The summed E-state index contributed by atoms with van der Waals surface area (Å²) in [6, 6.07) is 9.24. The number of rotatable bonds is 6. The van der Waals surface area contributed by atoms with Gasteiger partial charge in [-0.15, -0.1) is 0 Å². The Bertz CT molecular complexity index is 654. The van der Waals surface area contributed by atoms with Crippen molar-refractivity contribution in [2.75, 3.05) is 14.2 Å². The van der Waals surface area contributed by atoms with Gasteiger partial charge in [0.25, 0.3) is 0 Å². The quantitative estimate of drug-likeness (QED) is 0.869. The molecular formula is C16H22N4O3. The molecule has 2 unspecified atom stereocenters. The van der Waals surface area contributed by atoms with Gasteiger partial charge in [0, 0.05) is 14.2 Å². The Balaban J connectivity index is 2.09. The maximum absolute atomic E-state index is 12.7. The smallest absolute Gasteiger partial charge is 0.247 e. The van der Waals surface area contributed by atoms with E-state index in [4.69, 9.17) is 15.0 Å². The van der Waals surface area contributed by atoms with E-state index in [0.717, 1.165) is 5.56 Å². The summed E-state index contributed by atoms with van der Waals surface area (Å²) in [5, 5.41) is 3.84. The highest BCUT2D eigenvalue weighted by molar-refractivity contribution is 5.86. The molecule has 23 heavy (non-hydrogen) atoms. The Morgan fingerprint density at radius 1 is 1.43 bits per heavy atom. The molecule has 1 aromatic carbocycles. The first-order valence-corrected chi connectivity index (χ1v) is 7.31. The summed E-state index contributed by atoms with van der Waals surface area (Å²) in [5.41, 5.74) is 5.85. The van der Waals surface area contributed by atoms with E-state index >= 15 is 0 Å². The zero-order chi connectivity index (χ0) is 17.0. The molecule has 7 heteroatoms. The number of ether oxygens (including phenoxy) is 1. The van der Waals surface area contributed by atoms with Crippen molar-refractivity contribution >= 4 is 5.91 Å². The highest BCUT2D eigenvalue weighted by Crippen LogP contribution is 2.21. The molecule has 1 heterocycles. The van der Waals surface area contributed by atoms with E-state index in [1.807, 2.05) is 37.3 Å². The van der Waals surface area contributed by atoms with Crippen LogP contribution in [0.5, 0.6) is 0 Å². The van der Waals surface area contributed by atoms with Crippen LogP contribution in [0.3, 0.4) is 0 Å². The van der Waals surface area contributed by atoms with Crippen LogP contribution in [0.25, 0.3) is 0 Å². The van der Waals surface area contributed by atoms with E-state index in [9.17, 15) is 4.79 Å². The molecule has 0 aliphatic carbocycles. The molecule has 0 spiro atoms. The van der Waals surface area contributed by atoms with E-state index in [2.05, 4.69) is 10.1 Å². The molecule has 2 N–H and O–H groups in total. The largest absolute Gasteiger partial charge is 0.374 e. The Labute approximate surface area is 135 Å². The first-order chi connectivity index (χ1) is 10.9. The van der Waals surface area contributed by atoms with Crippen molar-refractivity contribution in [2.24, 2.45) is 5.73 Å². The number of hydrogen-bond donors (Lipinski definition) is 1. The van der Waals surface area contributed by atoms with Crippen molar-refractivity contribution in [1.29, 1.82) is 0 Å². The standard InChI is InChI=1S/C16H22N4O3/c1-11(22-4)14-18-13(23-19-14)10-20(3)15(21)16(2,17)12-8-6-5-7-9-12/h5-9,11H,10,17H2,1-4H3. The Morgan fingerprint density at radius 2 is 2.09 bits per heavy atom. The number of benzene rings is 1. The topological polar surface area (TPSA) is 94.5 Å². The van der Waals surface area contributed by atoms with E-state index < -0.39 is 5.54 Å². The summed E-state index contributed by atoms with van der Waals surface area (Å²) in [7, 11) is 3.22. The zero-order valence-electron chi connectivity index (χ0n) is 13.8. The third-order valence-electron chi connectivity index (χ3n) is 3.74. The molecule has 0 fully saturated rings. The molecule has 2 rings (SSSR count). The second-order valence-electron chi connectivity index (χ2n) is 5.65. The number of amides is 1. The molecule has 0 saturated heterocycles. The number of carbonyl (C=O) groups is 1. The van der Waals surface area contributed by atoms with Crippen LogP contribution in [-0.4, -0.2) is 35.1 Å². The summed E-state index contributed by atoms with van der Waals surface area (Å²) in [6.45, 7) is 3.69. The number of carbonyl (C=O) groups excluding carboxylic acids is 1. The van der Waals surface area contributed by atoms with Gasteiger partial charge >= 0.3 is 0 Å². The Kier molecular flexibility index (Phi) is 5.12. The summed E-state index contributed by atoms with van der Waals surface area (Å²) in [4.78, 5) is 18.3. The van der Waals surface area contributed by atoms with Gasteiger partial charge in [-0.25, -0.2) is 0 Å². The van der Waals surface area contributed by atoms with E-state index in [0.29, 0.717) is 11.7 Å². The first-order valence-electron chi connectivity index (χ1n) is 7.31. The second kappa shape index (κ2) is 6.89. The van der Waals surface area contributed by atoms with Gasteiger partial charge in [0.05, 0.1) is 6.54 Å².